The normalized spacial score (nSPS) is 15.2. The zero-order valence-corrected chi connectivity index (χ0v) is 27.4. The highest BCUT2D eigenvalue weighted by Crippen LogP contribution is 2.34. The highest BCUT2D eigenvalue weighted by Gasteiger charge is 2.33. The lowest BCUT2D eigenvalue weighted by Crippen LogP contribution is -2.40. The fourth-order valence-corrected chi connectivity index (χ4v) is 5.99. The number of nitrogens with zero attached hydrogens (tertiary/aromatic N) is 6. The summed E-state index contributed by atoms with van der Waals surface area (Å²) in [5.41, 5.74) is 8.40. The van der Waals surface area contributed by atoms with Crippen LogP contribution in [0.4, 0.5) is 18.9 Å². The quantitative estimate of drug-likeness (QED) is 0.156. The predicted octanol–water partition coefficient (Wildman–Crippen LogP) is 7.18. The second-order valence-corrected chi connectivity index (χ2v) is 12.3. The van der Waals surface area contributed by atoms with Crippen LogP contribution in [-0.4, -0.2) is 55.1 Å². The maximum Gasteiger partial charge on any atom is 0.573 e. The van der Waals surface area contributed by atoms with Crippen molar-refractivity contribution in [3.8, 4) is 22.8 Å². The highest BCUT2D eigenvalue weighted by atomic mass is 32.2. The number of alkyl halides is 3. The smallest absolute Gasteiger partial charge is 0.406 e. The van der Waals surface area contributed by atoms with E-state index in [2.05, 4.69) is 45.2 Å². The van der Waals surface area contributed by atoms with Crippen LogP contribution in [0.2, 0.25) is 0 Å². The minimum atomic E-state index is -4.76. The third-order valence-electron chi connectivity index (χ3n) is 7.34. The second kappa shape index (κ2) is 13.6. The van der Waals surface area contributed by atoms with Crippen molar-refractivity contribution in [2.24, 2.45) is 4.99 Å². The first kappa shape index (κ1) is 33.1. The standard InChI is InChI=1S/C32H32F3N7O2S2/c1-19(2)26-15-6-20(3)16-27(26)42-28(43)17-46-31(42)37-30(45)39-40(5)21(4)22-7-9-23(10-8-22)29-36-18-41(38-29)24-11-13-25(14-12-24)44-32(33,34)35/h6-16,18-19,21H,17H2,1-5H3,(H,39,45). The van der Waals surface area contributed by atoms with Gasteiger partial charge in [-0.3, -0.25) is 15.1 Å². The van der Waals surface area contributed by atoms with Crippen LogP contribution in [0.3, 0.4) is 0 Å². The number of thioether (sulfide) groups is 1. The van der Waals surface area contributed by atoms with Crippen LogP contribution in [0.25, 0.3) is 17.1 Å². The molecule has 46 heavy (non-hydrogen) atoms. The van der Waals surface area contributed by atoms with Crippen molar-refractivity contribution in [2.45, 2.75) is 46.0 Å². The lowest BCUT2D eigenvalue weighted by Gasteiger charge is -2.26. The Morgan fingerprint density at radius 3 is 2.43 bits per heavy atom. The molecule has 1 unspecified atom stereocenters. The van der Waals surface area contributed by atoms with E-state index in [1.165, 1.54) is 47.0 Å². The summed E-state index contributed by atoms with van der Waals surface area (Å²) in [6.07, 6.45) is -3.26. The third-order valence-corrected chi connectivity index (χ3v) is 8.45. The van der Waals surface area contributed by atoms with Gasteiger partial charge in [-0.25, -0.2) is 14.7 Å². The number of benzene rings is 3. The van der Waals surface area contributed by atoms with Gasteiger partial charge in [-0.15, -0.1) is 18.3 Å². The Morgan fingerprint density at radius 2 is 1.78 bits per heavy atom. The molecule has 3 aromatic carbocycles. The topological polar surface area (TPSA) is 87.9 Å². The van der Waals surface area contributed by atoms with Crippen molar-refractivity contribution >= 4 is 45.9 Å². The zero-order chi connectivity index (χ0) is 33.2. The molecule has 0 bridgehead atoms. The van der Waals surface area contributed by atoms with Crippen LogP contribution >= 0.6 is 24.0 Å². The molecule has 1 saturated heterocycles. The van der Waals surface area contributed by atoms with E-state index in [4.69, 9.17) is 12.2 Å². The lowest BCUT2D eigenvalue weighted by molar-refractivity contribution is -0.274. The van der Waals surface area contributed by atoms with Gasteiger partial charge >= 0.3 is 6.36 Å². The van der Waals surface area contributed by atoms with E-state index in [9.17, 15) is 18.0 Å². The maximum atomic E-state index is 12.9. The van der Waals surface area contributed by atoms with Crippen molar-refractivity contribution in [3.63, 3.8) is 0 Å². The average Bonchev–Trinajstić information content (AvgIpc) is 3.63. The number of halogens is 3. The number of thiocarbonyl (C=S) groups is 1. The van der Waals surface area contributed by atoms with Gasteiger partial charge in [0.2, 0.25) is 11.0 Å². The molecule has 1 aliphatic heterocycles. The van der Waals surface area contributed by atoms with Crippen LogP contribution in [-0.2, 0) is 4.79 Å². The molecule has 1 atom stereocenters. The zero-order valence-electron chi connectivity index (χ0n) is 25.7. The van der Waals surface area contributed by atoms with Crippen LogP contribution in [0.5, 0.6) is 5.75 Å². The molecule has 4 aromatic rings. The first-order valence-corrected chi connectivity index (χ1v) is 15.7. The predicted molar refractivity (Wildman–Crippen MR) is 178 cm³/mol. The molecule has 0 saturated carbocycles. The van der Waals surface area contributed by atoms with E-state index in [0.29, 0.717) is 22.4 Å². The SMILES string of the molecule is Cc1ccc(C(C)C)c(N2C(=O)CSC2=NC(=S)NN(C)C(C)c2ccc(-c3ncn(-c4ccc(OC(F)(F)F)cc4)n3)cc2)c1. The van der Waals surface area contributed by atoms with Gasteiger partial charge in [-0.1, -0.05) is 62.0 Å². The fraction of sp³-hybridized carbons (Fsp3) is 0.281. The van der Waals surface area contributed by atoms with Gasteiger partial charge in [0, 0.05) is 12.6 Å². The number of ether oxygens (including phenoxy) is 1. The van der Waals surface area contributed by atoms with E-state index < -0.39 is 6.36 Å². The molecule has 0 spiro atoms. The summed E-state index contributed by atoms with van der Waals surface area (Å²) in [6.45, 7) is 8.21. The Labute approximate surface area is 274 Å². The summed E-state index contributed by atoms with van der Waals surface area (Å²) in [4.78, 5) is 23.6. The third kappa shape index (κ3) is 7.74. The molecule has 5 rings (SSSR count). The molecule has 1 aliphatic rings. The van der Waals surface area contributed by atoms with Crippen LogP contribution in [0.15, 0.2) is 78.0 Å². The Bertz CT molecular complexity index is 1760. The van der Waals surface area contributed by atoms with Crippen LogP contribution in [0, 0.1) is 6.92 Å². The molecular formula is C32H32F3N7O2S2. The number of amidine groups is 1. The number of aliphatic imine (C=N–C) groups is 1. The number of anilines is 1. The van der Waals surface area contributed by atoms with E-state index in [-0.39, 0.29) is 28.7 Å². The number of carbonyl (C=O) groups excluding carboxylic acids is 1. The first-order chi connectivity index (χ1) is 21.8. The minimum absolute atomic E-state index is 0.0337. The van der Waals surface area contributed by atoms with Gasteiger partial charge in [-0.05, 0) is 79.0 Å². The first-order valence-electron chi connectivity index (χ1n) is 14.4. The Kier molecular flexibility index (Phi) is 9.79. The summed E-state index contributed by atoms with van der Waals surface area (Å²) in [7, 11) is 1.86. The number of amides is 1. The van der Waals surface area contributed by atoms with Crippen LogP contribution in [0.1, 0.15) is 49.4 Å². The van der Waals surface area contributed by atoms with Crippen molar-refractivity contribution < 1.29 is 22.7 Å². The Morgan fingerprint density at radius 1 is 1.09 bits per heavy atom. The number of aromatic nitrogens is 3. The molecule has 0 radical (unpaired) electrons. The summed E-state index contributed by atoms with van der Waals surface area (Å²) in [5.74, 6) is 0.634. The van der Waals surface area contributed by atoms with Crippen molar-refractivity contribution in [1.29, 1.82) is 0 Å². The van der Waals surface area contributed by atoms with Crippen LogP contribution < -0.4 is 15.1 Å². The summed E-state index contributed by atoms with van der Waals surface area (Å²) < 4.78 is 42.7. The maximum absolute atomic E-state index is 12.9. The number of rotatable bonds is 8. The minimum Gasteiger partial charge on any atom is -0.406 e. The van der Waals surface area contributed by atoms with E-state index in [0.717, 1.165) is 27.9 Å². The molecule has 14 heteroatoms. The fourth-order valence-electron chi connectivity index (χ4n) is 4.83. The average molecular weight is 668 g/mol. The van der Waals surface area contributed by atoms with Gasteiger partial charge in [0.1, 0.15) is 12.1 Å². The van der Waals surface area contributed by atoms with Crippen molar-refractivity contribution in [3.05, 3.63) is 89.7 Å². The molecule has 1 fully saturated rings. The van der Waals surface area contributed by atoms with Gasteiger partial charge in [0.05, 0.1) is 23.2 Å². The highest BCUT2D eigenvalue weighted by molar-refractivity contribution is 8.15. The van der Waals surface area contributed by atoms with Gasteiger partial charge in [0.15, 0.2) is 11.0 Å². The molecule has 2 heterocycles. The molecule has 1 N–H and O–H groups in total. The van der Waals surface area contributed by atoms with E-state index in [1.807, 2.05) is 62.3 Å². The van der Waals surface area contributed by atoms with E-state index >= 15 is 0 Å². The number of hydrogen-bond acceptors (Lipinski definition) is 7. The van der Waals surface area contributed by atoms with Crippen molar-refractivity contribution in [1.82, 2.24) is 25.2 Å². The summed E-state index contributed by atoms with van der Waals surface area (Å²) in [6, 6.07) is 19.1. The second-order valence-electron chi connectivity index (χ2n) is 11.0. The number of hydrogen-bond donors (Lipinski definition) is 1. The Hall–Kier alpha value is -4.27. The molecule has 0 aliphatic carbocycles. The number of hydrazine groups is 1. The Balaban J connectivity index is 1.24. The summed E-state index contributed by atoms with van der Waals surface area (Å²) >= 11 is 6.94. The van der Waals surface area contributed by atoms with Gasteiger partial charge < -0.3 is 4.74 Å². The number of aryl methyl sites for hydroxylation is 1. The summed E-state index contributed by atoms with van der Waals surface area (Å²) in [5, 5.41) is 7.09. The molecule has 9 nitrogen and oxygen atoms in total. The van der Waals surface area contributed by atoms with Crippen molar-refractivity contribution in [2.75, 3.05) is 17.7 Å². The molecule has 240 valence electrons. The van der Waals surface area contributed by atoms with E-state index in [1.54, 1.807) is 4.90 Å². The van der Waals surface area contributed by atoms with Gasteiger partial charge in [-0.2, -0.15) is 4.99 Å². The van der Waals surface area contributed by atoms with Gasteiger partial charge in [0.25, 0.3) is 0 Å². The molecule has 1 aromatic heterocycles. The lowest BCUT2D eigenvalue weighted by atomic mass is 9.99. The monoisotopic (exact) mass is 667 g/mol. The molecular weight excluding hydrogens is 636 g/mol. The number of carbonyl (C=O) groups is 1. The number of nitrogens with one attached hydrogen (secondary N) is 1. The largest absolute Gasteiger partial charge is 0.573 e. The molecule has 1 amide bonds.